The second-order valence-electron chi connectivity index (χ2n) is 7.22. The lowest BCUT2D eigenvalue weighted by Crippen LogP contribution is -2.59. The number of benzene rings is 1. The molecule has 3 N–H and O–H groups in total. The van der Waals surface area contributed by atoms with Crippen LogP contribution in [0.3, 0.4) is 0 Å². The van der Waals surface area contributed by atoms with Gasteiger partial charge in [0.05, 0.1) is 5.54 Å². The molecular formula is C19H25ClN4O2. The Morgan fingerprint density at radius 2 is 1.62 bits per heavy atom. The van der Waals surface area contributed by atoms with E-state index in [9.17, 15) is 9.59 Å². The summed E-state index contributed by atoms with van der Waals surface area (Å²) in [4.78, 5) is 32.2. The van der Waals surface area contributed by atoms with Crippen LogP contribution in [0.25, 0.3) is 10.9 Å². The number of fused-ring (bicyclic) bond motifs is 1. The van der Waals surface area contributed by atoms with Gasteiger partial charge in [0.2, 0.25) is 5.91 Å². The number of nitrogens with zero attached hydrogens (tertiary/aromatic N) is 2. The largest absolute Gasteiger partial charge is 0.351 e. The van der Waals surface area contributed by atoms with Gasteiger partial charge in [0.15, 0.2) is 0 Å². The third-order valence-electron chi connectivity index (χ3n) is 5.54. The minimum atomic E-state index is -0.677. The van der Waals surface area contributed by atoms with Crippen molar-refractivity contribution >= 4 is 35.1 Å². The van der Waals surface area contributed by atoms with Gasteiger partial charge in [0, 0.05) is 37.1 Å². The maximum absolute atomic E-state index is 12.7. The molecule has 0 atom stereocenters. The molecule has 1 saturated heterocycles. The van der Waals surface area contributed by atoms with Crippen molar-refractivity contribution in [2.75, 3.05) is 26.2 Å². The molecule has 0 unspecified atom stereocenters. The zero-order chi connectivity index (χ0) is 17.4. The van der Waals surface area contributed by atoms with Gasteiger partial charge in [0.1, 0.15) is 5.69 Å². The van der Waals surface area contributed by atoms with Gasteiger partial charge in [-0.25, -0.2) is 0 Å². The molecule has 1 aliphatic heterocycles. The van der Waals surface area contributed by atoms with E-state index in [0.29, 0.717) is 31.9 Å². The Kier molecular flexibility index (Phi) is 5.25. The average molecular weight is 377 g/mol. The van der Waals surface area contributed by atoms with Gasteiger partial charge < -0.3 is 20.5 Å². The van der Waals surface area contributed by atoms with E-state index in [1.165, 1.54) is 0 Å². The molecule has 2 fully saturated rings. The molecule has 4 rings (SSSR count). The Morgan fingerprint density at radius 1 is 1.00 bits per heavy atom. The molecule has 2 aromatic rings. The number of amides is 2. The van der Waals surface area contributed by atoms with E-state index >= 15 is 0 Å². The van der Waals surface area contributed by atoms with E-state index in [-0.39, 0.29) is 24.2 Å². The molecule has 2 amide bonds. The summed E-state index contributed by atoms with van der Waals surface area (Å²) in [6.07, 6.45) is 3.61. The minimum absolute atomic E-state index is 0. The van der Waals surface area contributed by atoms with Crippen molar-refractivity contribution in [1.29, 1.82) is 0 Å². The van der Waals surface area contributed by atoms with Crippen molar-refractivity contribution in [3.63, 3.8) is 0 Å². The summed E-state index contributed by atoms with van der Waals surface area (Å²) in [5.74, 6) is 0.0503. The molecule has 1 aliphatic carbocycles. The van der Waals surface area contributed by atoms with Crippen LogP contribution in [0.15, 0.2) is 30.3 Å². The molecule has 6 nitrogen and oxygen atoms in total. The predicted molar refractivity (Wildman–Crippen MR) is 103 cm³/mol. The van der Waals surface area contributed by atoms with Crippen molar-refractivity contribution in [3.8, 4) is 0 Å². The summed E-state index contributed by atoms with van der Waals surface area (Å²) < 4.78 is 0. The number of carbonyl (C=O) groups excluding carboxylic acids is 2. The van der Waals surface area contributed by atoms with Crippen LogP contribution in [-0.4, -0.2) is 58.3 Å². The smallest absolute Gasteiger partial charge is 0.270 e. The summed E-state index contributed by atoms with van der Waals surface area (Å²) in [6, 6.07) is 9.75. The zero-order valence-corrected chi connectivity index (χ0v) is 15.6. The third kappa shape index (κ3) is 3.31. The Balaban J connectivity index is 0.00000196. The van der Waals surface area contributed by atoms with Gasteiger partial charge in [-0.15, -0.1) is 12.4 Å². The van der Waals surface area contributed by atoms with Gasteiger partial charge in [-0.05, 0) is 25.0 Å². The number of hydrogen-bond donors (Lipinski definition) is 2. The van der Waals surface area contributed by atoms with E-state index in [2.05, 4.69) is 4.98 Å². The van der Waals surface area contributed by atoms with Crippen LogP contribution in [0.5, 0.6) is 0 Å². The number of carbonyl (C=O) groups is 2. The van der Waals surface area contributed by atoms with E-state index in [1.54, 1.807) is 0 Å². The molecule has 1 aromatic heterocycles. The highest BCUT2D eigenvalue weighted by atomic mass is 35.5. The number of hydrogen-bond acceptors (Lipinski definition) is 3. The second-order valence-corrected chi connectivity index (χ2v) is 7.22. The summed E-state index contributed by atoms with van der Waals surface area (Å²) in [5.41, 5.74) is 7.18. The lowest BCUT2D eigenvalue weighted by Gasteiger charge is -2.38. The Labute approximate surface area is 159 Å². The first-order valence-corrected chi connectivity index (χ1v) is 9.02. The topological polar surface area (TPSA) is 82.4 Å². The van der Waals surface area contributed by atoms with Gasteiger partial charge in [-0.1, -0.05) is 31.0 Å². The lowest BCUT2D eigenvalue weighted by atomic mass is 9.97. The number of aromatic amines is 1. The second kappa shape index (κ2) is 7.29. The Bertz CT molecular complexity index is 772. The van der Waals surface area contributed by atoms with Crippen molar-refractivity contribution in [2.45, 2.75) is 31.2 Å². The first kappa shape index (κ1) is 18.7. The first-order valence-electron chi connectivity index (χ1n) is 9.02. The summed E-state index contributed by atoms with van der Waals surface area (Å²) in [7, 11) is 0. The van der Waals surface area contributed by atoms with Crippen molar-refractivity contribution < 1.29 is 9.59 Å². The molecule has 26 heavy (non-hydrogen) atoms. The van der Waals surface area contributed by atoms with Crippen molar-refractivity contribution in [2.24, 2.45) is 5.73 Å². The van der Waals surface area contributed by atoms with Crippen LogP contribution in [0.4, 0.5) is 0 Å². The fourth-order valence-corrected chi connectivity index (χ4v) is 4.01. The Hall–Kier alpha value is -2.05. The van der Waals surface area contributed by atoms with E-state index in [4.69, 9.17) is 5.73 Å². The number of halogens is 1. The SMILES string of the molecule is Cl.NC1(C(=O)N2CCN(C(=O)c3cc4ccccc4[nH]3)CC2)CCCC1. The number of aromatic nitrogens is 1. The maximum atomic E-state index is 12.7. The third-order valence-corrected chi connectivity index (χ3v) is 5.54. The quantitative estimate of drug-likeness (QED) is 0.842. The molecule has 7 heteroatoms. The fraction of sp³-hybridized carbons (Fsp3) is 0.474. The van der Waals surface area contributed by atoms with E-state index < -0.39 is 5.54 Å². The van der Waals surface area contributed by atoms with Gasteiger partial charge in [-0.3, -0.25) is 9.59 Å². The van der Waals surface area contributed by atoms with E-state index in [0.717, 1.165) is 36.6 Å². The number of para-hydroxylation sites is 1. The molecule has 1 saturated carbocycles. The molecule has 0 bridgehead atoms. The fourth-order valence-electron chi connectivity index (χ4n) is 4.01. The zero-order valence-electron chi connectivity index (χ0n) is 14.7. The molecule has 0 spiro atoms. The summed E-state index contributed by atoms with van der Waals surface area (Å²) in [5, 5.41) is 1.03. The highest BCUT2D eigenvalue weighted by Gasteiger charge is 2.40. The highest BCUT2D eigenvalue weighted by molar-refractivity contribution is 5.98. The standard InChI is InChI=1S/C19H24N4O2.ClH/c20-19(7-3-4-8-19)18(25)23-11-9-22(10-12-23)17(24)16-13-14-5-1-2-6-15(14)21-16;/h1-2,5-6,13,21H,3-4,7-12,20H2;1H. The molecule has 0 radical (unpaired) electrons. The predicted octanol–water partition coefficient (Wildman–Crippen LogP) is 2.15. The molecular weight excluding hydrogens is 352 g/mol. The summed E-state index contributed by atoms with van der Waals surface area (Å²) in [6.45, 7) is 2.22. The average Bonchev–Trinajstić information content (AvgIpc) is 3.27. The van der Waals surface area contributed by atoms with Crippen LogP contribution < -0.4 is 5.73 Å². The maximum Gasteiger partial charge on any atom is 0.270 e. The first-order chi connectivity index (χ1) is 12.1. The number of nitrogens with one attached hydrogen (secondary N) is 1. The van der Waals surface area contributed by atoms with Crippen molar-refractivity contribution in [3.05, 3.63) is 36.0 Å². The highest BCUT2D eigenvalue weighted by Crippen LogP contribution is 2.29. The molecule has 1 aromatic carbocycles. The van der Waals surface area contributed by atoms with E-state index in [1.807, 2.05) is 40.1 Å². The lowest BCUT2D eigenvalue weighted by molar-refractivity contribution is -0.138. The summed E-state index contributed by atoms with van der Waals surface area (Å²) >= 11 is 0. The van der Waals surface area contributed by atoms with Crippen LogP contribution in [0.1, 0.15) is 36.2 Å². The van der Waals surface area contributed by atoms with Crippen molar-refractivity contribution in [1.82, 2.24) is 14.8 Å². The number of piperazine rings is 1. The van der Waals surface area contributed by atoms with Crippen LogP contribution in [0, 0.1) is 0 Å². The minimum Gasteiger partial charge on any atom is -0.351 e. The van der Waals surface area contributed by atoms with Gasteiger partial charge in [-0.2, -0.15) is 0 Å². The van der Waals surface area contributed by atoms with Crippen LogP contribution in [-0.2, 0) is 4.79 Å². The van der Waals surface area contributed by atoms with Gasteiger partial charge >= 0.3 is 0 Å². The monoisotopic (exact) mass is 376 g/mol. The normalized spacial score (nSPS) is 19.4. The van der Waals surface area contributed by atoms with Gasteiger partial charge in [0.25, 0.3) is 5.91 Å². The number of H-pyrrole nitrogens is 1. The van der Waals surface area contributed by atoms with Crippen LogP contribution >= 0.6 is 12.4 Å². The Morgan fingerprint density at radius 3 is 2.27 bits per heavy atom. The number of nitrogens with two attached hydrogens (primary N) is 1. The van der Waals surface area contributed by atoms with Crippen LogP contribution in [0.2, 0.25) is 0 Å². The molecule has 2 aliphatic rings. The number of rotatable bonds is 2. The molecule has 2 heterocycles. The molecule has 140 valence electrons.